The molecule has 0 aromatic carbocycles. The molecule has 0 unspecified atom stereocenters. The Morgan fingerprint density at radius 1 is 1.60 bits per heavy atom. The predicted molar refractivity (Wildman–Crippen MR) is 40.3 cm³/mol. The van der Waals surface area contributed by atoms with E-state index in [1.54, 1.807) is 19.5 Å². The third-order valence-corrected chi connectivity index (χ3v) is 1.47. The van der Waals surface area contributed by atoms with Gasteiger partial charge < -0.3 is 4.74 Å². The fourth-order valence-electron chi connectivity index (χ4n) is 0.648. The lowest BCUT2D eigenvalue weighted by molar-refractivity contribution is 0.412. The maximum Gasteiger partial charge on any atom is 0.137 e. The molecule has 0 N–H and O–H groups in total. The van der Waals surface area contributed by atoms with Gasteiger partial charge in [0.1, 0.15) is 5.75 Å². The van der Waals surface area contributed by atoms with E-state index in [2.05, 4.69) is 4.98 Å². The second kappa shape index (κ2) is 3.42. The fourth-order valence-corrected chi connectivity index (χ4v) is 0.795. The monoisotopic (exact) mass is 157 g/mol. The molecule has 0 aliphatic carbocycles. The number of ether oxygens (including phenoxy) is 1. The molecule has 0 saturated heterocycles. The lowest BCUT2D eigenvalue weighted by atomic mass is 10.3. The number of aromatic nitrogens is 1. The fraction of sp³-hybridized carbons (Fsp3) is 0.286. The van der Waals surface area contributed by atoms with Crippen LogP contribution in [0.5, 0.6) is 5.75 Å². The summed E-state index contributed by atoms with van der Waals surface area (Å²) in [4.78, 5) is 3.92. The Bertz CT molecular complexity index is 195. The number of rotatable bonds is 2. The first-order valence-corrected chi connectivity index (χ1v) is 3.44. The van der Waals surface area contributed by atoms with Crippen molar-refractivity contribution in [2.24, 2.45) is 0 Å². The van der Waals surface area contributed by atoms with Crippen LogP contribution in [0.1, 0.15) is 5.56 Å². The highest BCUT2D eigenvalue weighted by atomic mass is 35.5. The number of nitrogens with zero attached hydrogens (tertiary/aromatic N) is 1. The van der Waals surface area contributed by atoms with E-state index < -0.39 is 0 Å². The highest BCUT2D eigenvalue weighted by Gasteiger charge is 1.92. The molecule has 54 valence electrons. The molecular weight excluding hydrogens is 150 g/mol. The van der Waals surface area contributed by atoms with E-state index in [0.717, 1.165) is 11.3 Å². The quantitative estimate of drug-likeness (QED) is 0.611. The largest absolute Gasteiger partial charge is 0.495 e. The van der Waals surface area contributed by atoms with Crippen LogP contribution in [-0.4, -0.2) is 12.1 Å². The number of halogens is 1. The lowest BCUT2D eigenvalue weighted by Crippen LogP contribution is -1.86. The van der Waals surface area contributed by atoms with Gasteiger partial charge in [-0.1, -0.05) is 0 Å². The minimum Gasteiger partial charge on any atom is -0.495 e. The molecule has 1 heterocycles. The maximum atomic E-state index is 5.56. The van der Waals surface area contributed by atoms with Gasteiger partial charge in [-0.25, -0.2) is 0 Å². The summed E-state index contributed by atoms with van der Waals surface area (Å²) in [5.74, 6) is 1.22. The SMILES string of the molecule is COc1cncc(CCl)c1. The number of alkyl halides is 1. The Morgan fingerprint density at radius 3 is 3.00 bits per heavy atom. The molecule has 0 bridgehead atoms. The average molecular weight is 158 g/mol. The van der Waals surface area contributed by atoms with Crippen molar-refractivity contribution >= 4 is 11.6 Å². The zero-order valence-corrected chi connectivity index (χ0v) is 6.43. The zero-order valence-electron chi connectivity index (χ0n) is 5.67. The van der Waals surface area contributed by atoms with Gasteiger partial charge in [-0.15, -0.1) is 11.6 Å². The summed E-state index contributed by atoms with van der Waals surface area (Å²) in [5, 5.41) is 0. The molecule has 3 heteroatoms. The van der Waals surface area contributed by atoms with Crippen LogP contribution in [0, 0.1) is 0 Å². The summed E-state index contributed by atoms with van der Waals surface area (Å²) in [7, 11) is 1.61. The maximum absolute atomic E-state index is 5.56. The molecule has 1 aromatic heterocycles. The van der Waals surface area contributed by atoms with Crippen LogP contribution in [0.25, 0.3) is 0 Å². The van der Waals surface area contributed by atoms with E-state index in [1.165, 1.54) is 0 Å². The molecule has 1 rings (SSSR count). The molecule has 0 radical (unpaired) electrons. The van der Waals surface area contributed by atoms with Crippen molar-refractivity contribution < 1.29 is 4.74 Å². The van der Waals surface area contributed by atoms with E-state index in [4.69, 9.17) is 16.3 Å². The molecular formula is C7H8ClNO. The molecule has 0 aliphatic heterocycles. The standard InChI is InChI=1S/C7H8ClNO/c1-10-7-2-6(3-8)4-9-5-7/h2,4-5H,3H2,1H3. The van der Waals surface area contributed by atoms with Crippen molar-refractivity contribution in [1.82, 2.24) is 4.98 Å². The van der Waals surface area contributed by atoms with Gasteiger partial charge in [-0.05, 0) is 11.6 Å². The van der Waals surface area contributed by atoms with Crippen LogP contribution in [0.3, 0.4) is 0 Å². The number of pyridine rings is 1. The third kappa shape index (κ3) is 1.61. The van der Waals surface area contributed by atoms with Gasteiger partial charge in [-0.2, -0.15) is 0 Å². The van der Waals surface area contributed by atoms with Gasteiger partial charge in [0.15, 0.2) is 0 Å². The zero-order chi connectivity index (χ0) is 7.40. The number of hydrogen-bond acceptors (Lipinski definition) is 2. The van der Waals surface area contributed by atoms with Gasteiger partial charge in [0.25, 0.3) is 0 Å². The summed E-state index contributed by atoms with van der Waals surface area (Å²) in [5.41, 5.74) is 0.973. The topological polar surface area (TPSA) is 22.1 Å². The predicted octanol–water partition coefficient (Wildman–Crippen LogP) is 1.83. The molecule has 0 fully saturated rings. The Balaban J connectivity index is 2.87. The Kier molecular flexibility index (Phi) is 2.51. The Labute approximate surface area is 64.8 Å². The lowest BCUT2D eigenvalue weighted by Gasteiger charge is -1.98. The van der Waals surface area contributed by atoms with Gasteiger partial charge in [0.2, 0.25) is 0 Å². The first kappa shape index (κ1) is 7.35. The minimum atomic E-state index is 0.476. The second-order valence-electron chi connectivity index (χ2n) is 1.87. The molecule has 0 atom stereocenters. The van der Waals surface area contributed by atoms with E-state index in [1.807, 2.05) is 6.07 Å². The van der Waals surface area contributed by atoms with Crippen molar-refractivity contribution in [3.63, 3.8) is 0 Å². The normalized spacial score (nSPS) is 9.40. The van der Waals surface area contributed by atoms with Crippen LogP contribution in [0.2, 0.25) is 0 Å². The van der Waals surface area contributed by atoms with Crippen molar-refractivity contribution in [3.05, 3.63) is 24.0 Å². The van der Waals surface area contributed by atoms with Crippen molar-refractivity contribution in [1.29, 1.82) is 0 Å². The summed E-state index contributed by atoms with van der Waals surface area (Å²) >= 11 is 5.56. The van der Waals surface area contributed by atoms with Crippen LogP contribution < -0.4 is 4.74 Å². The Morgan fingerprint density at radius 2 is 2.40 bits per heavy atom. The van der Waals surface area contributed by atoms with Gasteiger partial charge >= 0.3 is 0 Å². The second-order valence-corrected chi connectivity index (χ2v) is 2.13. The molecule has 1 aromatic rings. The molecule has 0 aliphatic rings. The molecule has 2 nitrogen and oxygen atoms in total. The van der Waals surface area contributed by atoms with Crippen LogP contribution in [-0.2, 0) is 5.88 Å². The van der Waals surface area contributed by atoms with Crippen molar-refractivity contribution in [3.8, 4) is 5.75 Å². The van der Waals surface area contributed by atoms with Crippen LogP contribution in [0.15, 0.2) is 18.5 Å². The van der Waals surface area contributed by atoms with E-state index in [0.29, 0.717) is 5.88 Å². The van der Waals surface area contributed by atoms with Crippen molar-refractivity contribution in [2.75, 3.05) is 7.11 Å². The molecule has 0 saturated carbocycles. The summed E-state index contributed by atoms with van der Waals surface area (Å²) in [6.07, 6.45) is 3.37. The molecule has 0 spiro atoms. The molecule has 10 heavy (non-hydrogen) atoms. The highest BCUT2D eigenvalue weighted by Crippen LogP contribution is 2.11. The van der Waals surface area contributed by atoms with E-state index >= 15 is 0 Å². The van der Waals surface area contributed by atoms with Gasteiger partial charge in [0, 0.05) is 12.1 Å². The first-order valence-electron chi connectivity index (χ1n) is 2.90. The Hall–Kier alpha value is -0.760. The summed E-state index contributed by atoms with van der Waals surface area (Å²) < 4.78 is 4.94. The number of methoxy groups -OCH3 is 1. The van der Waals surface area contributed by atoms with Crippen LogP contribution >= 0.6 is 11.6 Å². The average Bonchev–Trinajstić information content (AvgIpc) is 2.05. The van der Waals surface area contributed by atoms with Crippen molar-refractivity contribution in [2.45, 2.75) is 5.88 Å². The van der Waals surface area contributed by atoms with Crippen LogP contribution in [0.4, 0.5) is 0 Å². The minimum absolute atomic E-state index is 0.476. The number of hydrogen-bond donors (Lipinski definition) is 0. The third-order valence-electron chi connectivity index (χ3n) is 1.16. The highest BCUT2D eigenvalue weighted by molar-refractivity contribution is 6.17. The van der Waals surface area contributed by atoms with Gasteiger partial charge in [-0.3, -0.25) is 4.98 Å². The van der Waals surface area contributed by atoms with E-state index in [-0.39, 0.29) is 0 Å². The summed E-state index contributed by atoms with van der Waals surface area (Å²) in [6.45, 7) is 0. The van der Waals surface area contributed by atoms with E-state index in [9.17, 15) is 0 Å². The van der Waals surface area contributed by atoms with Gasteiger partial charge in [0.05, 0.1) is 13.3 Å². The molecule has 0 amide bonds. The smallest absolute Gasteiger partial charge is 0.137 e. The first-order chi connectivity index (χ1) is 4.86. The summed E-state index contributed by atoms with van der Waals surface area (Å²) in [6, 6.07) is 1.86.